The quantitative estimate of drug-likeness (QED) is 0.122. The van der Waals surface area contributed by atoms with Crippen molar-refractivity contribution in [3.05, 3.63) is 63.3 Å². The largest absolute Gasteiger partial charge is 0.418 e. The van der Waals surface area contributed by atoms with Gasteiger partial charge in [-0.2, -0.15) is 18.3 Å². The third-order valence-corrected chi connectivity index (χ3v) is 6.16. The number of anilines is 3. The molecule has 0 aliphatic heterocycles. The Morgan fingerprint density at radius 3 is 2.40 bits per heavy atom. The molecule has 0 radical (unpaired) electrons. The monoisotopic (exact) mass is 627 g/mol. The minimum absolute atomic E-state index is 0.182. The Balaban J connectivity index is 0.000000326. The predicted octanol–water partition coefficient (Wildman–Crippen LogP) is 4.72. The van der Waals surface area contributed by atoms with Gasteiger partial charge in [-0.15, -0.1) is 11.3 Å². The summed E-state index contributed by atoms with van der Waals surface area (Å²) in [6.45, 7) is 9.08. The maximum atomic E-state index is 12.4. The number of thiazole rings is 1. The zero-order valence-electron chi connectivity index (χ0n) is 23.0. The molecule has 226 valence electrons. The first kappa shape index (κ1) is 33.8. The maximum Gasteiger partial charge on any atom is 0.418 e. The standard InChI is InChI=1S/C15H19N9OS.C7H4ClF3N2O.C2H6/c1-9-6-18-14(26-9)10(2)23-13(25)11-5-12(20-7-19-11)16-3-4-17-15-21-8-22-24-15;8-5-2-12-6(13-3-14)1-4(5)7(9,10)11;1-2/h5-8,10H,3-4H2,1-2H3,(H,23,25)(H,16,19,20)(H2,17,21,22,24);1-3H,(H,12,13,14);1-2H3. The molecule has 0 spiro atoms. The number of aryl methyl sites for hydroxylation is 1. The third-order valence-electron chi connectivity index (χ3n) is 4.76. The van der Waals surface area contributed by atoms with E-state index < -0.39 is 16.8 Å². The fourth-order valence-corrected chi connectivity index (χ4v) is 3.93. The number of amides is 2. The van der Waals surface area contributed by atoms with Gasteiger partial charge in [-0.1, -0.05) is 25.4 Å². The van der Waals surface area contributed by atoms with Gasteiger partial charge in [0.05, 0.1) is 16.6 Å². The van der Waals surface area contributed by atoms with Crippen molar-refractivity contribution in [2.75, 3.05) is 29.0 Å². The molecule has 0 bridgehead atoms. The molecule has 0 saturated heterocycles. The number of hydrogen-bond donors (Lipinski definition) is 5. The van der Waals surface area contributed by atoms with Gasteiger partial charge in [0.1, 0.15) is 35.0 Å². The number of rotatable bonds is 10. The van der Waals surface area contributed by atoms with E-state index in [1.165, 1.54) is 12.7 Å². The zero-order chi connectivity index (χ0) is 31.1. The molecule has 13 nitrogen and oxygen atoms in total. The molecule has 0 aliphatic carbocycles. The number of aromatic nitrogens is 7. The predicted molar refractivity (Wildman–Crippen MR) is 153 cm³/mol. The van der Waals surface area contributed by atoms with Crippen molar-refractivity contribution >= 4 is 52.8 Å². The van der Waals surface area contributed by atoms with Gasteiger partial charge >= 0.3 is 6.18 Å². The molecule has 0 aromatic carbocycles. The van der Waals surface area contributed by atoms with E-state index in [1.807, 2.05) is 33.0 Å². The molecule has 0 aliphatic rings. The highest BCUT2D eigenvalue weighted by atomic mass is 35.5. The highest BCUT2D eigenvalue weighted by Gasteiger charge is 2.33. The van der Waals surface area contributed by atoms with Crippen molar-refractivity contribution in [2.45, 2.75) is 39.9 Å². The Kier molecular flexibility index (Phi) is 13.5. The van der Waals surface area contributed by atoms with E-state index in [9.17, 15) is 22.8 Å². The fraction of sp³-hybridized carbons (Fsp3) is 0.333. The molecule has 4 aromatic heterocycles. The number of aromatic amines is 1. The summed E-state index contributed by atoms with van der Waals surface area (Å²) in [5.41, 5.74) is -0.732. The molecule has 5 N–H and O–H groups in total. The summed E-state index contributed by atoms with van der Waals surface area (Å²) in [5, 5.41) is 17.9. The van der Waals surface area contributed by atoms with Crippen molar-refractivity contribution in [1.29, 1.82) is 0 Å². The summed E-state index contributed by atoms with van der Waals surface area (Å²) < 4.78 is 36.7. The Morgan fingerprint density at radius 2 is 1.79 bits per heavy atom. The molecule has 1 unspecified atom stereocenters. The summed E-state index contributed by atoms with van der Waals surface area (Å²) in [4.78, 5) is 43.3. The second-order valence-electron chi connectivity index (χ2n) is 7.79. The Labute approximate surface area is 248 Å². The number of H-pyrrole nitrogens is 1. The number of pyridine rings is 1. The summed E-state index contributed by atoms with van der Waals surface area (Å²) in [5.74, 6) is 0.704. The minimum Gasteiger partial charge on any atom is -0.368 e. The van der Waals surface area contributed by atoms with Gasteiger partial charge < -0.3 is 21.3 Å². The van der Waals surface area contributed by atoms with Gasteiger partial charge in [0, 0.05) is 36.4 Å². The lowest BCUT2D eigenvalue weighted by Crippen LogP contribution is -2.27. The van der Waals surface area contributed by atoms with Crippen LogP contribution in [0.5, 0.6) is 0 Å². The van der Waals surface area contributed by atoms with E-state index >= 15 is 0 Å². The molecule has 42 heavy (non-hydrogen) atoms. The van der Waals surface area contributed by atoms with E-state index in [4.69, 9.17) is 11.6 Å². The number of nitrogens with zero attached hydrogens (tertiary/aromatic N) is 6. The molecule has 0 saturated carbocycles. The van der Waals surface area contributed by atoms with Crippen LogP contribution in [0.3, 0.4) is 0 Å². The molecule has 4 heterocycles. The normalized spacial score (nSPS) is 11.1. The van der Waals surface area contributed by atoms with Crippen LogP contribution in [0.15, 0.2) is 37.2 Å². The van der Waals surface area contributed by atoms with Gasteiger partial charge in [-0.3, -0.25) is 9.59 Å². The molecule has 4 rings (SSSR count). The number of hydrogen-bond acceptors (Lipinski definition) is 11. The average molecular weight is 628 g/mol. The van der Waals surface area contributed by atoms with E-state index in [2.05, 4.69) is 51.1 Å². The molecule has 2 amide bonds. The topological polar surface area (TPSA) is 175 Å². The van der Waals surface area contributed by atoms with E-state index in [0.717, 1.165) is 16.1 Å². The van der Waals surface area contributed by atoms with Gasteiger partial charge in [-0.25, -0.2) is 30.0 Å². The molecule has 1 atom stereocenters. The van der Waals surface area contributed by atoms with Gasteiger partial charge in [-0.05, 0) is 19.9 Å². The highest BCUT2D eigenvalue weighted by Crippen LogP contribution is 2.35. The smallest absolute Gasteiger partial charge is 0.368 e. The summed E-state index contributed by atoms with van der Waals surface area (Å²) >= 11 is 6.84. The molecular formula is C24H29ClF3N11O2S. The Morgan fingerprint density at radius 1 is 1.05 bits per heavy atom. The van der Waals surface area contributed by atoms with E-state index in [1.54, 1.807) is 23.6 Å². The summed E-state index contributed by atoms with van der Waals surface area (Å²) in [6.07, 6.45) is 1.09. The number of alkyl halides is 3. The second kappa shape index (κ2) is 16.8. The lowest BCUT2D eigenvalue weighted by Gasteiger charge is -2.11. The van der Waals surface area contributed by atoms with Crippen LogP contribution in [-0.2, 0) is 11.0 Å². The van der Waals surface area contributed by atoms with Gasteiger partial charge in [0.2, 0.25) is 12.4 Å². The zero-order valence-corrected chi connectivity index (χ0v) is 24.5. The van der Waals surface area contributed by atoms with Crippen molar-refractivity contribution in [2.24, 2.45) is 0 Å². The van der Waals surface area contributed by atoms with Crippen LogP contribution in [-0.4, -0.2) is 60.5 Å². The Bertz CT molecular complexity index is 1400. The van der Waals surface area contributed by atoms with Crippen molar-refractivity contribution in [3.8, 4) is 0 Å². The van der Waals surface area contributed by atoms with Crippen molar-refractivity contribution in [1.82, 2.24) is 40.4 Å². The highest BCUT2D eigenvalue weighted by molar-refractivity contribution is 7.11. The first-order valence-electron chi connectivity index (χ1n) is 12.4. The first-order chi connectivity index (χ1) is 20.1. The Hall–Kier alpha value is -4.38. The van der Waals surface area contributed by atoms with Crippen LogP contribution < -0.4 is 21.3 Å². The number of carbonyl (C=O) groups is 2. The van der Waals surface area contributed by atoms with Crippen LogP contribution in [0.4, 0.5) is 30.8 Å². The molecule has 4 aromatic rings. The number of halogens is 4. The molecule has 0 fully saturated rings. The number of carbonyl (C=O) groups excluding carboxylic acids is 2. The van der Waals surface area contributed by atoms with Crippen molar-refractivity contribution in [3.63, 3.8) is 0 Å². The van der Waals surface area contributed by atoms with Crippen LogP contribution in [0, 0.1) is 6.92 Å². The van der Waals surface area contributed by atoms with Crippen LogP contribution in [0.1, 0.15) is 52.7 Å². The molecule has 18 heteroatoms. The first-order valence-corrected chi connectivity index (χ1v) is 13.6. The maximum absolute atomic E-state index is 12.4. The van der Waals surface area contributed by atoms with Gasteiger partial charge in [0.25, 0.3) is 5.91 Å². The van der Waals surface area contributed by atoms with E-state index in [0.29, 0.717) is 36.6 Å². The second-order valence-corrected chi connectivity index (χ2v) is 9.46. The summed E-state index contributed by atoms with van der Waals surface area (Å²) in [7, 11) is 0. The van der Waals surface area contributed by atoms with Gasteiger partial charge in [0.15, 0.2) is 0 Å². The number of nitrogens with one attached hydrogen (secondary N) is 5. The lowest BCUT2D eigenvalue weighted by molar-refractivity contribution is -0.137. The van der Waals surface area contributed by atoms with E-state index in [-0.39, 0.29) is 24.2 Å². The van der Waals surface area contributed by atoms with Crippen molar-refractivity contribution < 1.29 is 22.8 Å². The SMILES string of the molecule is CC.Cc1cnc(C(C)NC(=O)c2cc(NCCNc3ncn[nH]3)ncn2)s1.O=CNc1cc(C(F)(F)F)c(Cl)cn1. The van der Waals surface area contributed by atoms with Crippen LogP contribution in [0.2, 0.25) is 5.02 Å². The summed E-state index contributed by atoms with van der Waals surface area (Å²) in [6, 6.07) is 2.10. The fourth-order valence-electron chi connectivity index (χ4n) is 2.94. The minimum atomic E-state index is -4.56. The third kappa shape index (κ3) is 10.9. The lowest BCUT2D eigenvalue weighted by atomic mass is 10.2. The van der Waals surface area contributed by atoms with Crippen LogP contribution in [0.25, 0.3) is 0 Å². The van der Waals surface area contributed by atoms with Crippen LogP contribution >= 0.6 is 22.9 Å². The average Bonchev–Trinajstić information content (AvgIpc) is 3.65. The molecular weight excluding hydrogens is 599 g/mol.